The summed E-state index contributed by atoms with van der Waals surface area (Å²) in [5.41, 5.74) is 2.02. The second-order valence-electron chi connectivity index (χ2n) is 9.11. The Morgan fingerprint density at radius 3 is 2.39 bits per heavy atom. The average Bonchev–Trinajstić information content (AvgIpc) is 2.88. The fourth-order valence-corrected chi connectivity index (χ4v) is 4.36. The zero-order chi connectivity index (χ0) is 25.5. The number of urea groups is 1. The highest BCUT2D eigenvalue weighted by atomic mass is 19.1. The summed E-state index contributed by atoms with van der Waals surface area (Å²) >= 11 is 0. The van der Waals surface area contributed by atoms with Crippen molar-refractivity contribution in [2.45, 2.75) is 13.5 Å². The number of guanidine groups is 1. The van der Waals surface area contributed by atoms with Crippen molar-refractivity contribution in [3.8, 4) is 6.19 Å². The summed E-state index contributed by atoms with van der Waals surface area (Å²) in [5, 5.41) is 14.5. The fraction of sp³-hybridized carbons (Fsp3) is 0.440. The van der Waals surface area contributed by atoms with Gasteiger partial charge in [-0.2, -0.15) is 5.26 Å². The molecule has 190 valence electrons. The van der Waals surface area contributed by atoms with Crippen LogP contribution >= 0.6 is 0 Å². The van der Waals surface area contributed by atoms with Crippen LogP contribution in [-0.4, -0.2) is 96.0 Å². The summed E-state index contributed by atoms with van der Waals surface area (Å²) in [6.07, 6.45) is 3.51. The van der Waals surface area contributed by atoms with Crippen LogP contribution in [0.1, 0.15) is 11.3 Å². The maximum absolute atomic E-state index is 15.2. The molecule has 2 amide bonds. The number of nitrogens with zero attached hydrogens (tertiary/aromatic N) is 7. The third kappa shape index (κ3) is 6.47. The van der Waals surface area contributed by atoms with E-state index in [1.54, 1.807) is 36.5 Å². The smallest absolute Gasteiger partial charge is 0.323 e. The first-order valence-electron chi connectivity index (χ1n) is 12.1. The van der Waals surface area contributed by atoms with Gasteiger partial charge in [0.15, 0.2) is 5.82 Å². The average molecular weight is 494 g/mol. The van der Waals surface area contributed by atoms with Crippen molar-refractivity contribution in [1.82, 2.24) is 24.6 Å². The largest absolute Gasteiger partial charge is 0.339 e. The fourth-order valence-electron chi connectivity index (χ4n) is 4.36. The molecule has 2 saturated heterocycles. The van der Waals surface area contributed by atoms with Gasteiger partial charge in [0, 0.05) is 70.2 Å². The molecule has 2 N–H and O–H groups in total. The van der Waals surface area contributed by atoms with Gasteiger partial charge in [0.25, 0.3) is 0 Å². The second-order valence-corrected chi connectivity index (χ2v) is 9.11. The number of aliphatic imine (C=N–C) groups is 1. The number of carbonyl (C=O) groups is 1. The Hall–Kier alpha value is -3.75. The number of carbonyl (C=O) groups excluding carboxylic acids is 1. The van der Waals surface area contributed by atoms with E-state index in [9.17, 15) is 10.1 Å². The maximum atomic E-state index is 15.2. The molecule has 10 nitrogen and oxygen atoms in total. The van der Waals surface area contributed by atoms with E-state index in [1.165, 1.54) is 0 Å². The van der Waals surface area contributed by atoms with Crippen molar-refractivity contribution >= 4 is 23.4 Å². The van der Waals surface area contributed by atoms with Crippen LogP contribution in [0.15, 0.2) is 41.5 Å². The number of nitrogens with one attached hydrogen (secondary N) is 2. The first-order valence-corrected chi connectivity index (χ1v) is 12.1. The zero-order valence-corrected chi connectivity index (χ0v) is 20.7. The second kappa shape index (κ2) is 11.8. The maximum Gasteiger partial charge on any atom is 0.323 e. The zero-order valence-electron chi connectivity index (χ0n) is 20.7. The number of nitriles is 1. The van der Waals surface area contributed by atoms with E-state index < -0.39 is 11.8 Å². The van der Waals surface area contributed by atoms with E-state index in [0.717, 1.165) is 50.9 Å². The van der Waals surface area contributed by atoms with Gasteiger partial charge in [0.1, 0.15) is 0 Å². The van der Waals surface area contributed by atoms with Crippen LogP contribution in [0, 0.1) is 24.2 Å². The molecule has 36 heavy (non-hydrogen) atoms. The van der Waals surface area contributed by atoms with Gasteiger partial charge in [-0.1, -0.05) is 12.1 Å². The minimum absolute atomic E-state index is 0.127. The Balaban J connectivity index is 1.33. The highest BCUT2D eigenvalue weighted by Crippen LogP contribution is 2.21. The first-order chi connectivity index (χ1) is 17.4. The van der Waals surface area contributed by atoms with Crippen LogP contribution in [0.25, 0.3) is 0 Å². The molecule has 2 aromatic rings. The van der Waals surface area contributed by atoms with Crippen LogP contribution in [0.4, 0.5) is 20.6 Å². The molecular weight excluding hydrogens is 461 g/mol. The highest BCUT2D eigenvalue weighted by Gasteiger charge is 2.26. The third-order valence-corrected chi connectivity index (χ3v) is 6.48. The quantitative estimate of drug-likeness (QED) is 0.383. The molecule has 2 fully saturated rings. The number of aromatic nitrogens is 1. The lowest BCUT2D eigenvalue weighted by atomic mass is 10.1. The summed E-state index contributed by atoms with van der Waals surface area (Å²) in [7, 11) is 2.09. The van der Waals surface area contributed by atoms with E-state index >= 15 is 4.39 Å². The molecular formula is C25H32FN9O. The predicted octanol–water partition coefficient (Wildman–Crippen LogP) is 2.38. The third-order valence-electron chi connectivity index (χ3n) is 6.48. The first kappa shape index (κ1) is 25.3. The number of piperazine rings is 2. The summed E-state index contributed by atoms with van der Waals surface area (Å²) < 4.78 is 15.2. The number of halogens is 1. The SMILES string of the molecule is Cc1ccc(NC(=O)Nc2cccc(CN3CCN(/C(=N\C#N)N4CCN(C)CC4)CC3)c2F)cn1. The summed E-state index contributed by atoms with van der Waals surface area (Å²) in [6, 6.07) is 8.02. The van der Waals surface area contributed by atoms with Gasteiger partial charge in [-0.05, 0) is 32.2 Å². The van der Waals surface area contributed by atoms with Crippen molar-refractivity contribution in [2.24, 2.45) is 4.99 Å². The molecule has 0 spiro atoms. The van der Waals surface area contributed by atoms with E-state index in [0.29, 0.717) is 30.9 Å². The van der Waals surface area contributed by atoms with Crippen molar-refractivity contribution in [2.75, 3.05) is 70.0 Å². The van der Waals surface area contributed by atoms with Crippen molar-refractivity contribution in [3.63, 3.8) is 0 Å². The lowest BCUT2D eigenvalue weighted by molar-refractivity contribution is 0.147. The highest BCUT2D eigenvalue weighted by molar-refractivity contribution is 5.99. The Bertz CT molecular complexity index is 1120. The summed E-state index contributed by atoms with van der Waals surface area (Å²) in [4.78, 5) is 29.4. The number of aryl methyl sites for hydroxylation is 1. The lowest BCUT2D eigenvalue weighted by Crippen LogP contribution is -2.56. The van der Waals surface area contributed by atoms with E-state index in [-0.39, 0.29) is 5.69 Å². The predicted molar refractivity (Wildman–Crippen MR) is 137 cm³/mol. The monoisotopic (exact) mass is 493 g/mol. The van der Waals surface area contributed by atoms with Crippen LogP contribution in [0.3, 0.4) is 0 Å². The van der Waals surface area contributed by atoms with Gasteiger partial charge < -0.3 is 25.3 Å². The number of rotatable bonds is 4. The molecule has 0 aliphatic carbocycles. The number of pyridine rings is 1. The summed E-state index contributed by atoms with van der Waals surface area (Å²) in [6.45, 7) is 8.70. The van der Waals surface area contributed by atoms with Gasteiger partial charge in [0.2, 0.25) is 12.2 Å². The topological polar surface area (TPSA) is 103 Å². The van der Waals surface area contributed by atoms with E-state index in [4.69, 9.17) is 0 Å². The number of hydrogen-bond donors (Lipinski definition) is 2. The molecule has 0 bridgehead atoms. The normalized spacial score (nSPS) is 17.6. The van der Waals surface area contributed by atoms with Crippen molar-refractivity contribution < 1.29 is 9.18 Å². The molecule has 0 saturated carbocycles. The molecule has 11 heteroatoms. The van der Waals surface area contributed by atoms with Gasteiger partial charge in [0.05, 0.1) is 17.6 Å². The van der Waals surface area contributed by atoms with Crippen LogP contribution in [0.5, 0.6) is 0 Å². The van der Waals surface area contributed by atoms with Crippen LogP contribution in [0.2, 0.25) is 0 Å². The van der Waals surface area contributed by atoms with Gasteiger partial charge in [-0.3, -0.25) is 9.88 Å². The molecule has 2 aliphatic heterocycles. The Morgan fingerprint density at radius 1 is 1.06 bits per heavy atom. The standard InChI is InChI=1S/C25H32FN9O/c1-19-6-7-21(16-28-19)30-24(36)31-22-5-3-4-20(23(22)26)17-33-10-14-35(15-11-33)25(29-18-27)34-12-8-32(2)9-13-34/h3-7,16H,8-15,17H2,1-2H3,(H2,30,31,36)/b29-25-. The summed E-state index contributed by atoms with van der Waals surface area (Å²) in [5.74, 6) is 0.290. The Labute approximate surface area is 211 Å². The molecule has 1 aromatic carbocycles. The molecule has 0 radical (unpaired) electrons. The van der Waals surface area contributed by atoms with Crippen LogP contribution < -0.4 is 10.6 Å². The molecule has 0 unspecified atom stereocenters. The Morgan fingerprint density at radius 2 is 1.75 bits per heavy atom. The minimum atomic E-state index is -0.529. The van der Waals surface area contributed by atoms with Gasteiger partial charge in [-0.15, -0.1) is 4.99 Å². The van der Waals surface area contributed by atoms with E-state index in [1.807, 2.05) is 13.1 Å². The van der Waals surface area contributed by atoms with Crippen molar-refractivity contribution in [1.29, 1.82) is 5.26 Å². The number of likely N-dealkylation sites (N-methyl/N-ethyl adjacent to an activating group) is 1. The molecule has 1 aromatic heterocycles. The van der Waals surface area contributed by atoms with Gasteiger partial charge >= 0.3 is 6.03 Å². The van der Waals surface area contributed by atoms with Gasteiger partial charge in [-0.25, -0.2) is 9.18 Å². The molecule has 4 rings (SSSR count). The Kier molecular flexibility index (Phi) is 8.30. The number of benzene rings is 1. The van der Waals surface area contributed by atoms with Crippen LogP contribution in [-0.2, 0) is 6.54 Å². The minimum Gasteiger partial charge on any atom is -0.339 e. The number of hydrogen-bond acceptors (Lipinski definition) is 6. The molecule has 0 atom stereocenters. The van der Waals surface area contributed by atoms with Crippen molar-refractivity contribution in [3.05, 3.63) is 53.6 Å². The molecule has 3 heterocycles. The molecule has 2 aliphatic rings. The number of anilines is 2. The van der Waals surface area contributed by atoms with E-state index in [2.05, 4.69) is 47.3 Å². The number of amides is 2. The lowest BCUT2D eigenvalue weighted by Gasteiger charge is -2.42.